The molecule has 0 unspecified atom stereocenters. The molecule has 0 aliphatic rings. The summed E-state index contributed by atoms with van der Waals surface area (Å²) in [5.41, 5.74) is -1.02. The average molecular weight is 491 g/mol. The van der Waals surface area contributed by atoms with E-state index in [-0.39, 0.29) is 12.3 Å². The summed E-state index contributed by atoms with van der Waals surface area (Å²) in [4.78, 5) is 15.4. The van der Waals surface area contributed by atoms with Crippen LogP contribution in [-0.2, 0) is 37.0 Å². The highest BCUT2D eigenvalue weighted by Gasteiger charge is 2.33. The molecule has 0 fully saturated rings. The molecule has 170 valence electrons. The maximum Gasteiger partial charge on any atom is 0.417 e. The number of hydrazine groups is 1. The maximum absolute atomic E-state index is 12.7. The quantitative estimate of drug-likeness (QED) is 0.470. The number of nitrogens with one attached hydrogen (secondary N) is 2. The topological polar surface area (TPSA) is 122 Å². The first-order valence-electron chi connectivity index (χ1n) is 7.76. The number of carbonyl (C=O) groups excluding carboxylic acids is 1. The van der Waals surface area contributed by atoms with Gasteiger partial charge in [0.15, 0.2) is 5.03 Å². The van der Waals surface area contributed by atoms with Crippen molar-refractivity contribution < 1.29 is 48.0 Å². The van der Waals surface area contributed by atoms with Crippen LogP contribution in [0.3, 0.4) is 0 Å². The van der Waals surface area contributed by atoms with Crippen LogP contribution < -0.4 is 10.3 Å². The maximum atomic E-state index is 12.7. The molecule has 2 rings (SSSR count). The lowest BCUT2D eigenvalue weighted by Crippen LogP contribution is -2.44. The summed E-state index contributed by atoms with van der Waals surface area (Å²) < 4.78 is 124. The molecule has 0 atom stereocenters. The summed E-state index contributed by atoms with van der Waals surface area (Å²) in [6, 6.07) is 3.44. The Bertz CT molecular complexity index is 1180. The molecule has 31 heavy (non-hydrogen) atoms. The zero-order chi connectivity index (χ0) is 23.7. The largest absolute Gasteiger partial charge is 0.417 e. The van der Waals surface area contributed by atoms with Gasteiger partial charge in [-0.05, 0) is 30.3 Å². The van der Waals surface area contributed by atoms with Crippen LogP contribution in [0.5, 0.6) is 0 Å². The summed E-state index contributed by atoms with van der Waals surface area (Å²) in [7, 11) is -9.25. The van der Waals surface area contributed by atoms with Gasteiger partial charge in [-0.25, -0.2) is 21.8 Å². The van der Waals surface area contributed by atoms with E-state index in [1.807, 2.05) is 0 Å². The Morgan fingerprint density at radius 1 is 0.903 bits per heavy atom. The van der Waals surface area contributed by atoms with E-state index in [1.165, 1.54) is 10.3 Å². The number of benzene rings is 1. The van der Waals surface area contributed by atoms with E-state index in [2.05, 4.69) is 4.98 Å². The van der Waals surface area contributed by atoms with Gasteiger partial charge in [0, 0.05) is 6.20 Å². The predicted molar refractivity (Wildman–Crippen MR) is 91.2 cm³/mol. The van der Waals surface area contributed by atoms with E-state index in [0.29, 0.717) is 18.2 Å². The van der Waals surface area contributed by atoms with Gasteiger partial charge in [-0.15, -0.1) is 4.83 Å². The number of sulfonamides is 1. The molecular formula is C15H11F6N3O5S2. The molecule has 1 aromatic heterocycles. The number of hydrogen-bond acceptors (Lipinski definition) is 6. The van der Waals surface area contributed by atoms with Crippen LogP contribution in [0.25, 0.3) is 0 Å². The van der Waals surface area contributed by atoms with E-state index < -0.39 is 64.9 Å². The zero-order valence-electron chi connectivity index (χ0n) is 14.8. The minimum Gasteiger partial charge on any atom is -0.277 e. The third-order valence-electron chi connectivity index (χ3n) is 3.50. The molecule has 0 aliphatic heterocycles. The summed E-state index contributed by atoms with van der Waals surface area (Å²) in [6.07, 6.45) is -9.37. The molecular weight excluding hydrogens is 480 g/mol. The number of nitrogens with zero attached hydrogens (tertiary/aromatic N) is 1. The van der Waals surface area contributed by atoms with Crippen molar-refractivity contribution in [3.63, 3.8) is 0 Å². The second-order valence-corrected chi connectivity index (χ2v) is 9.44. The van der Waals surface area contributed by atoms with Gasteiger partial charge in [0.05, 0.1) is 16.0 Å². The number of carbonyl (C=O) groups is 1. The molecule has 0 saturated heterocycles. The lowest BCUT2D eigenvalue weighted by Gasteiger charge is -2.11. The Balaban J connectivity index is 2.09. The standard InChI is InChI=1S/C15H11F6N3O5S2/c16-14(17,18)9-2-1-3-11(6-9)31(28,29)24-23-12(25)8-30(26,27)13-5-4-10(7-22-13)15(19,20)21/h1-7,24H,8H2,(H,23,25). The monoisotopic (exact) mass is 491 g/mol. The molecule has 0 saturated carbocycles. The number of sulfone groups is 1. The number of pyridine rings is 1. The Morgan fingerprint density at radius 3 is 2.03 bits per heavy atom. The first-order chi connectivity index (χ1) is 14.0. The van der Waals surface area contributed by atoms with Gasteiger partial charge < -0.3 is 0 Å². The molecule has 0 bridgehead atoms. The highest BCUT2D eigenvalue weighted by atomic mass is 32.2. The van der Waals surface area contributed by atoms with Crippen LogP contribution in [0.2, 0.25) is 0 Å². The van der Waals surface area contributed by atoms with Crippen molar-refractivity contribution in [2.45, 2.75) is 22.3 Å². The fourth-order valence-corrected chi connectivity index (χ4v) is 4.00. The minimum absolute atomic E-state index is 0.237. The summed E-state index contributed by atoms with van der Waals surface area (Å²) in [6.45, 7) is 0. The fraction of sp³-hybridized carbons (Fsp3) is 0.200. The number of amides is 1. The molecule has 8 nitrogen and oxygen atoms in total. The van der Waals surface area contributed by atoms with Gasteiger partial charge in [0.25, 0.3) is 15.9 Å². The van der Waals surface area contributed by atoms with Gasteiger partial charge in [-0.1, -0.05) is 6.07 Å². The van der Waals surface area contributed by atoms with Crippen molar-refractivity contribution in [2.24, 2.45) is 0 Å². The summed E-state index contributed by atoms with van der Waals surface area (Å²) >= 11 is 0. The Morgan fingerprint density at radius 2 is 1.52 bits per heavy atom. The predicted octanol–water partition coefficient (Wildman–Crippen LogP) is 1.90. The molecule has 0 aliphatic carbocycles. The lowest BCUT2D eigenvalue weighted by molar-refractivity contribution is -0.138. The van der Waals surface area contributed by atoms with Crippen LogP contribution in [0.4, 0.5) is 26.3 Å². The number of rotatable bonds is 6. The molecule has 1 heterocycles. The van der Waals surface area contributed by atoms with Crippen LogP contribution in [0.1, 0.15) is 11.1 Å². The Labute approximate surface area is 171 Å². The van der Waals surface area contributed by atoms with Gasteiger partial charge in [-0.2, -0.15) is 26.3 Å². The van der Waals surface area contributed by atoms with Crippen molar-refractivity contribution >= 4 is 25.8 Å². The van der Waals surface area contributed by atoms with E-state index >= 15 is 0 Å². The van der Waals surface area contributed by atoms with Crippen LogP contribution in [-0.4, -0.2) is 33.5 Å². The van der Waals surface area contributed by atoms with Gasteiger partial charge in [-0.3, -0.25) is 10.2 Å². The lowest BCUT2D eigenvalue weighted by atomic mass is 10.2. The second kappa shape index (κ2) is 8.43. The molecule has 0 radical (unpaired) electrons. The second-order valence-electron chi connectivity index (χ2n) is 5.82. The normalized spacial score (nSPS) is 13.1. The molecule has 0 spiro atoms. The van der Waals surface area contributed by atoms with Gasteiger partial charge in [0.2, 0.25) is 9.84 Å². The van der Waals surface area contributed by atoms with E-state index in [1.54, 1.807) is 0 Å². The van der Waals surface area contributed by atoms with Crippen LogP contribution in [0.15, 0.2) is 52.5 Å². The smallest absolute Gasteiger partial charge is 0.277 e. The summed E-state index contributed by atoms with van der Waals surface area (Å²) in [5, 5.41) is -0.878. The molecule has 16 heteroatoms. The highest BCUT2D eigenvalue weighted by molar-refractivity contribution is 7.92. The highest BCUT2D eigenvalue weighted by Crippen LogP contribution is 2.30. The molecule has 2 N–H and O–H groups in total. The Hall–Kier alpha value is -2.72. The average Bonchev–Trinajstić information content (AvgIpc) is 2.65. The zero-order valence-corrected chi connectivity index (χ0v) is 16.5. The van der Waals surface area contributed by atoms with Crippen molar-refractivity contribution in [1.29, 1.82) is 0 Å². The minimum atomic E-state index is -4.84. The fourth-order valence-electron chi connectivity index (χ4n) is 2.04. The van der Waals surface area contributed by atoms with Crippen LogP contribution in [0, 0.1) is 0 Å². The van der Waals surface area contributed by atoms with E-state index in [0.717, 1.165) is 12.1 Å². The third-order valence-corrected chi connectivity index (χ3v) is 6.27. The summed E-state index contributed by atoms with van der Waals surface area (Å²) in [5.74, 6) is -2.87. The van der Waals surface area contributed by atoms with Crippen molar-refractivity contribution in [2.75, 3.05) is 5.75 Å². The van der Waals surface area contributed by atoms with Crippen molar-refractivity contribution in [3.8, 4) is 0 Å². The SMILES string of the molecule is O=C(CS(=O)(=O)c1ccc(C(F)(F)F)cn1)NNS(=O)(=O)c1cccc(C(F)(F)F)c1. The number of alkyl halides is 6. The first kappa shape index (κ1) is 24.5. The van der Waals surface area contributed by atoms with Gasteiger partial charge >= 0.3 is 12.4 Å². The van der Waals surface area contributed by atoms with Crippen molar-refractivity contribution in [1.82, 2.24) is 15.2 Å². The first-order valence-corrected chi connectivity index (χ1v) is 10.9. The van der Waals surface area contributed by atoms with Gasteiger partial charge in [0.1, 0.15) is 5.75 Å². The Kier molecular flexibility index (Phi) is 6.67. The molecule has 2 aromatic rings. The van der Waals surface area contributed by atoms with Crippen molar-refractivity contribution in [3.05, 3.63) is 53.7 Å². The van der Waals surface area contributed by atoms with E-state index in [4.69, 9.17) is 0 Å². The molecule has 1 aromatic carbocycles. The van der Waals surface area contributed by atoms with E-state index in [9.17, 15) is 48.0 Å². The molecule has 1 amide bonds. The van der Waals surface area contributed by atoms with Crippen LogP contribution >= 0.6 is 0 Å². The number of aromatic nitrogens is 1. The number of halogens is 6. The third kappa shape index (κ3) is 6.38. The number of hydrogen-bond donors (Lipinski definition) is 2.